The van der Waals surface area contributed by atoms with Crippen LogP contribution < -0.4 is 5.32 Å². The van der Waals surface area contributed by atoms with Gasteiger partial charge in [-0.2, -0.15) is 8.75 Å². The van der Waals surface area contributed by atoms with Crippen molar-refractivity contribution in [2.75, 3.05) is 5.32 Å². The summed E-state index contributed by atoms with van der Waals surface area (Å²) in [4.78, 5) is 0. The van der Waals surface area contributed by atoms with Crippen LogP contribution in [-0.4, -0.2) is 8.75 Å². The number of benzene rings is 2. The molecule has 96 valence electrons. The van der Waals surface area contributed by atoms with Crippen molar-refractivity contribution in [3.05, 3.63) is 52.8 Å². The van der Waals surface area contributed by atoms with E-state index in [1.54, 1.807) is 18.2 Å². The van der Waals surface area contributed by atoms with E-state index < -0.39 is 0 Å². The predicted octanol–water partition coefficient (Wildman–Crippen LogP) is 4.10. The minimum absolute atomic E-state index is 0.243. The Labute approximate surface area is 118 Å². The molecule has 0 aliphatic rings. The third-order valence-electron chi connectivity index (χ3n) is 2.76. The topological polar surface area (TPSA) is 37.8 Å². The summed E-state index contributed by atoms with van der Waals surface area (Å²) in [7, 11) is 0. The molecule has 3 nitrogen and oxygen atoms in total. The van der Waals surface area contributed by atoms with Gasteiger partial charge in [0.05, 0.1) is 22.4 Å². The van der Waals surface area contributed by atoms with Gasteiger partial charge in [-0.1, -0.05) is 23.7 Å². The van der Waals surface area contributed by atoms with E-state index in [-0.39, 0.29) is 5.82 Å². The summed E-state index contributed by atoms with van der Waals surface area (Å²) in [5, 5.41) is 3.83. The van der Waals surface area contributed by atoms with Crippen molar-refractivity contribution in [1.82, 2.24) is 8.75 Å². The van der Waals surface area contributed by atoms with Gasteiger partial charge in [-0.25, -0.2) is 4.39 Å². The maximum Gasteiger partial charge on any atom is 0.129 e. The van der Waals surface area contributed by atoms with Gasteiger partial charge in [0.2, 0.25) is 0 Å². The highest BCUT2D eigenvalue weighted by molar-refractivity contribution is 7.00. The van der Waals surface area contributed by atoms with Crippen LogP contribution in [0.5, 0.6) is 0 Å². The van der Waals surface area contributed by atoms with E-state index in [2.05, 4.69) is 14.1 Å². The van der Waals surface area contributed by atoms with Gasteiger partial charge in [-0.05, 0) is 29.8 Å². The first-order valence-corrected chi connectivity index (χ1v) is 6.74. The van der Waals surface area contributed by atoms with Gasteiger partial charge < -0.3 is 5.32 Å². The predicted molar refractivity (Wildman–Crippen MR) is 76.2 cm³/mol. The molecular weight excluding hydrogens is 285 g/mol. The van der Waals surface area contributed by atoms with Crippen molar-refractivity contribution in [2.24, 2.45) is 0 Å². The average molecular weight is 294 g/mol. The highest BCUT2D eigenvalue weighted by atomic mass is 35.5. The normalized spacial score (nSPS) is 10.8. The van der Waals surface area contributed by atoms with E-state index >= 15 is 0 Å². The number of halogens is 2. The zero-order chi connectivity index (χ0) is 13.2. The molecule has 3 aromatic rings. The Morgan fingerprint density at radius 3 is 2.68 bits per heavy atom. The SMILES string of the molecule is Fc1ccc(CNc2c(Cl)ccc3nsnc23)cc1. The Morgan fingerprint density at radius 2 is 1.89 bits per heavy atom. The van der Waals surface area contributed by atoms with Crippen LogP contribution >= 0.6 is 23.3 Å². The van der Waals surface area contributed by atoms with Crippen molar-refractivity contribution in [2.45, 2.75) is 6.54 Å². The third kappa shape index (κ3) is 2.52. The Kier molecular flexibility index (Phi) is 3.31. The van der Waals surface area contributed by atoms with Gasteiger partial charge in [0.15, 0.2) is 0 Å². The van der Waals surface area contributed by atoms with Gasteiger partial charge in [0.25, 0.3) is 0 Å². The molecule has 6 heteroatoms. The summed E-state index contributed by atoms with van der Waals surface area (Å²) >= 11 is 7.32. The fourth-order valence-corrected chi connectivity index (χ4v) is 2.55. The van der Waals surface area contributed by atoms with Crippen LogP contribution in [0.4, 0.5) is 10.1 Å². The molecule has 1 aromatic heterocycles. The van der Waals surface area contributed by atoms with Crippen LogP contribution in [0.25, 0.3) is 11.0 Å². The number of fused-ring (bicyclic) bond motifs is 1. The standard InChI is InChI=1S/C13H9ClFN3S/c14-10-5-6-11-13(18-19-17-11)12(10)16-7-8-1-3-9(15)4-2-8/h1-6,16H,7H2. The van der Waals surface area contributed by atoms with Gasteiger partial charge in [-0.3, -0.25) is 0 Å². The van der Waals surface area contributed by atoms with Crippen molar-refractivity contribution in [3.8, 4) is 0 Å². The second kappa shape index (κ2) is 5.11. The van der Waals surface area contributed by atoms with Crippen LogP contribution in [-0.2, 0) is 6.54 Å². The highest BCUT2D eigenvalue weighted by Gasteiger charge is 2.09. The number of anilines is 1. The second-order valence-corrected chi connectivity index (χ2v) is 4.97. The van der Waals surface area contributed by atoms with E-state index in [1.807, 2.05) is 6.07 Å². The molecule has 0 spiro atoms. The number of hydrogen-bond donors (Lipinski definition) is 1. The summed E-state index contributed by atoms with van der Waals surface area (Å²) < 4.78 is 21.2. The molecule has 0 saturated carbocycles. The molecule has 1 N–H and O–H groups in total. The van der Waals surface area contributed by atoms with E-state index in [9.17, 15) is 4.39 Å². The molecule has 0 atom stereocenters. The Morgan fingerprint density at radius 1 is 1.11 bits per heavy atom. The molecule has 1 heterocycles. The zero-order valence-electron chi connectivity index (χ0n) is 9.73. The average Bonchev–Trinajstić information content (AvgIpc) is 2.88. The molecular formula is C13H9ClFN3S. The monoisotopic (exact) mass is 293 g/mol. The van der Waals surface area contributed by atoms with Crippen molar-refractivity contribution >= 4 is 40.0 Å². The number of aromatic nitrogens is 2. The lowest BCUT2D eigenvalue weighted by molar-refractivity contribution is 0.627. The van der Waals surface area contributed by atoms with Crippen LogP contribution in [0.3, 0.4) is 0 Å². The summed E-state index contributed by atoms with van der Waals surface area (Å²) in [6, 6.07) is 9.96. The van der Waals surface area contributed by atoms with Crippen LogP contribution in [0.1, 0.15) is 5.56 Å². The molecule has 3 rings (SSSR count). The van der Waals surface area contributed by atoms with Crippen LogP contribution in [0.15, 0.2) is 36.4 Å². The summed E-state index contributed by atoms with van der Waals surface area (Å²) in [6.45, 7) is 0.552. The molecule has 0 bridgehead atoms. The number of nitrogens with one attached hydrogen (secondary N) is 1. The molecule has 2 aromatic carbocycles. The van der Waals surface area contributed by atoms with Gasteiger partial charge >= 0.3 is 0 Å². The summed E-state index contributed by atoms with van der Waals surface area (Å²) in [5.41, 5.74) is 3.31. The number of rotatable bonds is 3. The fourth-order valence-electron chi connectivity index (χ4n) is 1.79. The zero-order valence-corrected chi connectivity index (χ0v) is 11.3. The van der Waals surface area contributed by atoms with Crippen molar-refractivity contribution in [1.29, 1.82) is 0 Å². The molecule has 0 aliphatic heterocycles. The van der Waals surface area contributed by atoms with Crippen molar-refractivity contribution in [3.63, 3.8) is 0 Å². The van der Waals surface area contributed by atoms with E-state index in [0.29, 0.717) is 11.6 Å². The number of nitrogens with zero attached hydrogens (tertiary/aromatic N) is 2. The first kappa shape index (κ1) is 12.3. The molecule has 0 fully saturated rings. The summed E-state index contributed by atoms with van der Waals surface area (Å²) in [6.07, 6.45) is 0. The Balaban J connectivity index is 1.87. The number of hydrogen-bond acceptors (Lipinski definition) is 4. The summed E-state index contributed by atoms with van der Waals surface area (Å²) in [5.74, 6) is -0.243. The fraction of sp³-hybridized carbons (Fsp3) is 0.0769. The Hall–Kier alpha value is -1.72. The molecule has 0 unspecified atom stereocenters. The van der Waals surface area contributed by atoms with E-state index in [4.69, 9.17) is 11.6 Å². The Bertz CT molecular complexity index is 711. The molecule has 19 heavy (non-hydrogen) atoms. The van der Waals surface area contributed by atoms with Gasteiger partial charge in [0, 0.05) is 6.54 Å². The quantitative estimate of drug-likeness (QED) is 0.790. The largest absolute Gasteiger partial charge is 0.378 e. The van der Waals surface area contributed by atoms with Crippen molar-refractivity contribution < 1.29 is 4.39 Å². The molecule has 0 saturated heterocycles. The maximum absolute atomic E-state index is 12.8. The smallest absolute Gasteiger partial charge is 0.129 e. The first-order valence-electron chi connectivity index (χ1n) is 5.63. The van der Waals surface area contributed by atoms with E-state index in [0.717, 1.165) is 34.0 Å². The molecule has 0 aliphatic carbocycles. The van der Waals surface area contributed by atoms with Crippen LogP contribution in [0, 0.1) is 5.82 Å². The van der Waals surface area contributed by atoms with E-state index in [1.165, 1.54) is 12.1 Å². The third-order valence-corrected chi connectivity index (χ3v) is 3.62. The lowest BCUT2D eigenvalue weighted by Gasteiger charge is -2.08. The van der Waals surface area contributed by atoms with Gasteiger partial charge in [-0.15, -0.1) is 0 Å². The molecule has 0 amide bonds. The second-order valence-electron chi connectivity index (χ2n) is 4.03. The first-order chi connectivity index (χ1) is 9.24. The maximum atomic E-state index is 12.8. The van der Waals surface area contributed by atoms with Crippen LogP contribution in [0.2, 0.25) is 5.02 Å². The minimum atomic E-state index is -0.243. The minimum Gasteiger partial charge on any atom is -0.378 e. The molecule has 0 radical (unpaired) electrons. The van der Waals surface area contributed by atoms with Gasteiger partial charge in [0.1, 0.15) is 16.9 Å². The lowest BCUT2D eigenvalue weighted by Crippen LogP contribution is -2.00. The highest BCUT2D eigenvalue weighted by Crippen LogP contribution is 2.30. The lowest BCUT2D eigenvalue weighted by atomic mass is 10.2.